The predicted octanol–water partition coefficient (Wildman–Crippen LogP) is 4.54. The first-order valence-corrected chi connectivity index (χ1v) is 7.49. The SMILES string of the molecule is CC(C)(C)NCC(Cc1ccccc1)c1ccccc1F. The average molecular weight is 285 g/mol. The first-order chi connectivity index (χ1) is 9.96. The lowest BCUT2D eigenvalue weighted by atomic mass is 9.90. The van der Waals surface area contributed by atoms with Crippen molar-refractivity contribution in [2.45, 2.75) is 38.6 Å². The summed E-state index contributed by atoms with van der Waals surface area (Å²) >= 11 is 0. The molecule has 2 rings (SSSR count). The summed E-state index contributed by atoms with van der Waals surface area (Å²) in [6, 6.07) is 17.4. The third kappa shape index (κ3) is 4.98. The fourth-order valence-electron chi connectivity index (χ4n) is 2.43. The highest BCUT2D eigenvalue weighted by atomic mass is 19.1. The van der Waals surface area contributed by atoms with E-state index in [0.29, 0.717) is 0 Å². The first-order valence-electron chi connectivity index (χ1n) is 7.49. The quantitative estimate of drug-likeness (QED) is 0.850. The third-order valence-corrected chi connectivity index (χ3v) is 3.55. The highest BCUT2D eigenvalue weighted by Gasteiger charge is 2.19. The van der Waals surface area contributed by atoms with Gasteiger partial charge in [-0.3, -0.25) is 0 Å². The van der Waals surface area contributed by atoms with Gasteiger partial charge in [-0.15, -0.1) is 0 Å². The molecule has 0 bridgehead atoms. The van der Waals surface area contributed by atoms with Crippen LogP contribution in [0.5, 0.6) is 0 Å². The highest BCUT2D eigenvalue weighted by molar-refractivity contribution is 5.26. The first kappa shape index (κ1) is 15.7. The van der Waals surface area contributed by atoms with Gasteiger partial charge in [-0.2, -0.15) is 0 Å². The van der Waals surface area contributed by atoms with E-state index in [4.69, 9.17) is 0 Å². The van der Waals surface area contributed by atoms with Gasteiger partial charge >= 0.3 is 0 Å². The maximum absolute atomic E-state index is 14.1. The molecule has 1 nitrogen and oxygen atoms in total. The molecule has 0 aliphatic carbocycles. The van der Waals surface area contributed by atoms with Crippen molar-refractivity contribution in [3.05, 3.63) is 71.5 Å². The van der Waals surface area contributed by atoms with Gasteiger partial charge in [0.2, 0.25) is 0 Å². The van der Waals surface area contributed by atoms with Crippen molar-refractivity contribution in [1.82, 2.24) is 5.32 Å². The molecule has 1 N–H and O–H groups in total. The van der Waals surface area contributed by atoms with Crippen LogP contribution in [0.25, 0.3) is 0 Å². The summed E-state index contributed by atoms with van der Waals surface area (Å²) in [5.74, 6) is 0.0157. The Kier molecular flexibility index (Phi) is 5.13. The smallest absolute Gasteiger partial charge is 0.126 e. The molecule has 0 amide bonds. The molecule has 2 heteroatoms. The van der Waals surface area contributed by atoms with Gasteiger partial charge in [-0.25, -0.2) is 4.39 Å². The molecule has 112 valence electrons. The van der Waals surface area contributed by atoms with Crippen LogP contribution in [0.4, 0.5) is 4.39 Å². The van der Waals surface area contributed by atoms with Gasteiger partial charge < -0.3 is 5.32 Å². The zero-order valence-corrected chi connectivity index (χ0v) is 13.1. The van der Waals surface area contributed by atoms with Gasteiger partial charge in [0.1, 0.15) is 5.82 Å². The summed E-state index contributed by atoms with van der Waals surface area (Å²) in [4.78, 5) is 0. The lowest BCUT2D eigenvalue weighted by Crippen LogP contribution is -2.39. The van der Waals surface area contributed by atoms with E-state index in [-0.39, 0.29) is 17.3 Å². The molecule has 0 spiro atoms. The number of hydrogen-bond donors (Lipinski definition) is 1. The van der Waals surface area contributed by atoms with Gasteiger partial charge in [-0.1, -0.05) is 48.5 Å². The van der Waals surface area contributed by atoms with Crippen LogP contribution >= 0.6 is 0 Å². The number of benzene rings is 2. The molecular formula is C19H24FN. The standard InChI is InChI=1S/C19H24FN/c1-19(2,3)21-14-16(13-15-9-5-4-6-10-15)17-11-7-8-12-18(17)20/h4-12,16,21H,13-14H2,1-3H3. The van der Waals surface area contributed by atoms with Crippen molar-refractivity contribution in [2.75, 3.05) is 6.54 Å². The average Bonchev–Trinajstić information content (AvgIpc) is 2.44. The zero-order valence-electron chi connectivity index (χ0n) is 13.1. The monoisotopic (exact) mass is 285 g/mol. The minimum atomic E-state index is -0.117. The molecule has 1 atom stereocenters. The van der Waals surface area contributed by atoms with Crippen LogP contribution in [0.3, 0.4) is 0 Å². The molecule has 0 radical (unpaired) electrons. The van der Waals surface area contributed by atoms with Crippen molar-refractivity contribution in [1.29, 1.82) is 0 Å². The Balaban J connectivity index is 2.20. The van der Waals surface area contributed by atoms with E-state index in [1.165, 1.54) is 5.56 Å². The van der Waals surface area contributed by atoms with Crippen LogP contribution in [-0.4, -0.2) is 12.1 Å². The van der Waals surface area contributed by atoms with Crippen LogP contribution in [0, 0.1) is 5.82 Å². The van der Waals surface area contributed by atoms with Gasteiger partial charge in [0.05, 0.1) is 0 Å². The van der Waals surface area contributed by atoms with Crippen molar-refractivity contribution in [3.8, 4) is 0 Å². The van der Waals surface area contributed by atoms with Crippen molar-refractivity contribution >= 4 is 0 Å². The lowest BCUT2D eigenvalue weighted by Gasteiger charge is -2.26. The van der Waals surface area contributed by atoms with Crippen molar-refractivity contribution < 1.29 is 4.39 Å². The normalized spacial score (nSPS) is 13.1. The van der Waals surface area contributed by atoms with Crippen molar-refractivity contribution in [2.24, 2.45) is 0 Å². The molecule has 0 aliphatic heterocycles. The van der Waals surface area contributed by atoms with Gasteiger partial charge in [0.15, 0.2) is 0 Å². The van der Waals surface area contributed by atoms with E-state index in [1.54, 1.807) is 12.1 Å². The van der Waals surface area contributed by atoms with Gasteiger partial charge in [-0.05, 0) is 44.4 Å². The van der Waals surface area contributed by atoms with E-state index in [0.717, 1.165) is 18.5 Å². The lowest BCUT2D eigenvalue weighted by molar-refractivity contribution is 0.401. The molecule has 0 aromatic heterocycles. The highest BCUT2D eigenvalue weighted by Crippen LogP contribution is 2.23. The summed E-state index contributed by atoms with van der Waals surface area (Å²) in [5, 5.41) is 3.50. The number of nitrogens with one attached hydrogen (secondary N) is 1. The molecule has 0 saturated heterocycles. The molecule has 2 aromatic carbocycles. The van der Waals surface area contributed by atoms with Crippen LogP contribution < -0.4 is 5.32 Å². The van der Waals surface area contributed by atoms with E-state index in [1.807, 2.05) is 30.3 Å². The third-order valence-electron chi connectivity index (χ3n) is 3.55. The van der Waals surface area contributed by atoms with E-state index >= 15 is 0 Å². The van der Waals surface area contributed by atoms with Crippen LogP contribution in [0.1, 0.15) is 37.8 Å². The van der Waals surface area contributed by atoms with Crippen molar-refractivity contribution in [3.63, 3.8) is 0 Å². The number of hydrogen-bond acceptors (Lipinski definition) is 1. The Hall–Kier alpha value is -1.67. The Labute approximate surface area is 127 Å². The fraction of sp³-hybridized carbons (Fsp3) is 0.368. The van der Waals surface area contributed by atoms with E-state index in [2.05, 4.69) is 38.2 Å². The summed E-state index contributed by atoms with van der Waals surface area (Å²) in [7, 11) is 0. The molecule has 0 saturated carbocycles. The van der Waals surface area contributed by atoms with Crippen LogP contribution in [0.2, 0.25) is 0 Å². The van der Waals surface area contributed by atoms with Crippen LogP contribution in [0.15, 0.2) is 54.6 Å². The second-order valence-electron chi connectivity index (χ2n) is 6.54. The number of halogens is 1. The Morgan fingerprint density at radius 2 is 1.57 bits per heavy atom. The summed E-state index contributed by atoms with van der Waals surface area (Å²) < 4.78 is 14.1. The summed E-state index contributed by atoms with van der Waals surface area (Å²) in [6.07, 6.45) is 0.838. The van der Waals surface area contributed by atoms with Gasteiger partial charge in [0, 0.05) is 18.0 Å². The Morgan fingerprint density at radius 1 is 0.952 bits per heavy atom. The predicted molar refractivity (Wildman–Crippen MR) is 87.0 cm³/mol. The topological polar surface area (TPSA) is 12.0 Å². The minimum absolute atomic E-state index is 0.0280. The minimum Gasteiger partial charge on any atom is -0.311 e. The zero-order chi connectivity index (χ0) is 15.3. The van der Waals surface area contributed by atoms with Crippen LogP contribution in [-0.2, 0) is 6.42 Å². The maximum atomic E-state index is 14.1. The Bertz CT molecular complexity index is 557. The molecule has 2 aromatic rings. The van der Waals surface area contributed by atoms with Gasteiger partial charge in [0.25, 0.3) is 0 Å². The maximum Gasteiger partial charge on any atom is 0.126 e. The molecular weight excluding hydrogens is 261 g/mol. The number of rotatable bonds is 5. The fourth-order valence-corrected chi connectivity index (χ4v) is 2.43. The molecule has 0 fully saturated rings. The second kappa shape index (κ2) is 6.86. The van der Waals surface area contributed by atoms with E-state index in [9.17, 15) is 4.39 Å². The van der Waals surface area contributed by atoms with E-state index < -0.39 is 0 Å². The second-order valence-corrected chi connectivity index (χ2v) is 6.54. The summed E-state index contributed by atoms with van der Waals surface area (Å²) in [5.41, 5.74) is 2.06. The summed E-state index contributed by atoms with van der Waals surface area (Å²) in [6.45, 7) is 7.16. The Morgan fingerprint density at radius 3 is 2.19 bits per heavy atom. The largest absolute Gasteiger partial charge is 0.311 e. The molecule has 1 unspecified atom stereocenters. The molecule has 21 heavy (non-hydrogen) atoms. The molecule has 0 heterocycles. The molecule has 0 aliphatic rings.